The summed E-state index contributed by atoms with van der Waals surface area (Å²) >= 11 is 0. The van der Waals surface area contributed by atoms with Gasteiger partial charge in [0, 0.05) is 18.9 Å². The molecule has 2 aromatic rings. The first kappa shape index (κ1) is 13.3. The lowest BCUT2D eigenvalue weighted by molar-refractivity contribution is 0.417. The maximum absolute atomic E-state index is 12.0. The summed E-state index contributed by atoms with van der Waals surface area (Å²) in [4.78, 5) is 12.0. The molecule has 0 saturated carbocycles. The summed E-state index contributed by atoms with van der Waals surface area (Å²) in [5.74, 6) is 0.652. The lowest BCUT2D eigenvalue weighted by Crippen LogP contribution is -2.24. The van der Waals surface area contributed by atoms with Crippen LogP contribution in [0.1, 0.15) is 18.9 Å². The zero-order valence-corrected chi connectivity index (χ0v) is 11.3. The van der Waals surface area contributed by atoms with E-state index < -0.39 is 0 Å². The highest BCUT2D eigenvalue weighted by atomic mass is 16.5. The van der Waals surface area contributed by atoms with Crippen molar-refractivity contribution in [2.45, 2.75) is 26.4 Å². The van der Waals surface area contributed by atoms with Gasteiger partial charge in [-0.2, -0.15) is 0 Å². The van der Waals surface area contributed by atoms with Gasteiger partial charge in [0.15, 0.2) is 0 Å². The minimum atomic E-state index is 0.0104. The molecule has 102 valence electrons. The molecule has 1 aromatic carbocycles. The molecular weight excluding hydrogens is 242 g/mol. The van der Waals surface area contributed by atoms with E-state index in [1.54, 1.807) is 22.4 Å². The number of ether oxygens (including phenoxy) is 1. The Kier molecular flexibility index (Phi) is 3.94. The fourth-order valence-corrected chi connectivity index (χ4v) is 2.06. The van der Waals surface area contributed by atoms with Crippen molar-refractivity contribution in [3.63, 3.8) is 0 Å². The SMILES string of the molecule is CCCn1ccn(Cc2ccc(OC)c(N)c2)c1=O. The maximum Gasteiger partial charge on any atom is 0.328 e. The monoisotopic (exact) mass is 261 g/mol. The molecule has 0 aliphatic carbocycles. The summed E-state index contributed by atoms with van der Waals surface area (Å²) in [6.07, 6.45) is 4.57. The third-order valence-corrected chi connectivity index (χ3v) is 3.03. The number of imidazole rings is 1. The third-order valence-electron chi connectivity index (χ3n) is 3.03. The van der Waals surface area contributed by atoms with Crippen LogP contribution in [0.3, 0.4) is 0 Å². The Bertz CT molecular complexity index is 613. The van der Waals surface area contributed by atoms with Gasteiger partial charge in [0.05, 0.1) is 19.3 Å². The predicted octanol–water partition coefficient (Wildman–Crippen LogP) is 1.70. The van der Waals surface area contributed by atoms with Crippen LogP contribution in [0.4, 0.5) is 5.69 Å². The topological polar surface area (TPSA) is 62.2 Å². The molecular formula is C14H19N3O2. The highest BCUT2D eigenvalue weighted by Crippen LogP contribution is 2.22. The van der Waals surface area contributed by atoms with Crippen LogP contribution < -0.4 is 16.2 Å². The minimum absolute atomic E-state index is 0.0104. The molecule has 5 nitrogen and oxygen atoms in total. The molecule has 0 radical (unpaired) electrons. The van der Waals surface area contributed by atoms with Crippen molar-refractivity contribution in [1.29, 1.82) is 0 Å². The van der Waals surface area contributed by atoms with Gasteiger partial charge in [-0.1, -0.05) is 13.0 Å². The van der Waals surface area contributed by atoms with Crippen molar-refractivity contribution in [3.05, 3.63) is 46.6 Å². The zero-order chi connectivity index (χ0) is 13.8. The van der Waals surface area contributed by atoms with Gasteiger partial charge in [0.1, 0.15) is 5.75 Å². The fourth-order valence-electron chi connectivity index (χ4n) is 2.06. The first-order valence-corrected chi connectivity index (χ1v) is 6.33. The van der Waals surface area contributed by atoms with Crippen LogP contribution in [-0.4, -0.2) is 16.2 Å². The molecule has 0 fully saturated rings. The lowest BCUT2D eigenvalue weighted by atomic mass is 10.2. The lowest BCUT2D eigenvalue weighted by Gasteiger charge is -2.07. The van der Waals surface area contributed by atoms with Crippen molar-refractivity contribution in [3.8, 4) is 5.75 Å². The van der Waals surface area contributed by atoms with Crippen molar-refractivity contribution in [1.82, 2.24) is 9.13 Å². The Hall–Kier alpha value is -2.17. The quantitative estimate of drug-likeness (QED) is 0.833. The first-order chi connectivity index (χ1) is 9.15. The van der Waals surface area contributed by atoms with Gasteiger partial charge < -0.3 is 10.5 Å². The number of aromatic nitrogens is 2. The minimum Gasteiger partial charge on any atom is -0.495 e. The summed E-state index contributed by atoms with van der Waals surface area (Å²) < 4.78 is 8.50. The van der Waals surface area contributed by atoms with E-state index in [0.717, 1.165) is 18.5 Å². The number of hydrogen-bond acceptors (Lipinski definition) is 3. The van der Waals surface area contributed by atoms with Gasteiger partial charge in [-0.15, -0.1) is 0 Å². The predicted molar refractivity (Wildman–Crippen MR) is 75.5 cm³/mol. The number of nitrogens with two attached hydrogens (primary N) is 1. The summed E-state index contributed by atoms with van der Waals surface area (Å²) in [6, 6.07) is 5.57. The third kappa shape index (κ3) is 2.81. The molecule has 5 heteroatoms. The Morgan fingerprint density at radius 3 is 2.63 bits per heavy atom. The van der Waals surface area contributed by atoms with Crippen LogP contribution in [0.25, 0.3) is 0 Å². The summed E-state index contributed by atoms with van der Waals surface area (Å²) in [7, 11) is 1.58. The van der Waals surface area contributed by atoms with Gasteiger partial charge >= 0.3 is 5.69 Å². The molecule has 2 rings (SSSR count). The molecule has 0 aliphatic heterocycles. The Morgan fingerprint density at radius 2 is 2.00 bits per heavy atom. The van der Waals surface area contributed by atoms with Crippen LogP contribution in [-0.2, 0) is 13.1 Å². The van der Waals surface area contributed by atoms with E-state index in [4.69, 9.17) is 10.5 Å². The summed E-state index contributed by atoms with van der Waals surface area (Å²) in [5.41, 5.74) is 7.43. The van der Waals surface area contributed by atoms with E-state index in [-0.39, 0.29) is 5.69 Å². The number of nitrogens with zero attached hydrogens (tertiary/aromatic N) is 2. The second-order valence-corrected chi connectivity index (χ2v) is 4.48. The van der Waals surface area contributed by atoms with Gasteiger partial charge in [-0.25, -0.2) is 4.79 Å². The van der Waals surface area contributed by atoms with Crippen molar-refractivity contribution in [2.24, 2.45) is 0 Å². The molecule has 0 spiro atoms. The molecule has 0 amide bonds. The number of rotatable bonds is 5. The Labute approximate surface area is 112 Å². The van der Waals surface area contributed by atoms with Gasteiger partial charge in [-0.3, -0.25) is 9.13 Å². The number of methoxy groups -OCH3 is 1. The van der Waals surface area contributed by atoms with Gasteiger partial charge in [0.25, 0.3) is 0 Å². The highest BCUT2D eigenvalue weighted by Gasteiger charge is 2.05. The average Bonchev–Trinajstić information content (AvgIpc) is 2.72. The second-order valence-electron chi connectivity index (χ2n) is 4.48. The molecule has 1 heterocycles. The van der Waals surface area contributed by atoms with E-state index in [1.807, 2.05) is 31.3 Å². The molecule has 19 heavy (non-hydrogen) atoms. The van der Waals surface area contributed by atoms with Crippen LogP contribution >= 0.6 is 0 Å². The highest BCUT2D eigenvalue weighted by molar-refractivity contribution is 5.54. The second kappa shape index (κ2) is 5.65. The first-order valence-electron chi connectivity index (χ1n) is 6.33. The molecule has 1 aromatic heterocycles. The smallest absolute Gasteiger partial charge is 0.328 e. The molecule has 0 bridgehead atoms. The number of nitrogen functional groups attached to an aromatic ring is 1. The van der Waals surface area contributed by atoms with Crippen molar-refractivity contribution < 1.29 is 4.74 Å². The van der Waals surface area contributed by atoms with Crippen LogP contribution in [0.5, 0.6) is 5.75 Å². The Morgan fingerprint density at radius 1 is 1.26 bits per heavy atom. The standard InChI is InChI=1S/C14H19N3O2/c1-3-6-16-7-8-17(14(16)18)10-11-4-5-13(19-2)12(15)9-11/h4-5,7-9H,3,6,10,15H2,1-2H3. The fraction of sp³-hybridized carbons (Fsp3) is 0.357. The van der Waals surface area contributed by atoms with E-state index in [2.05, 4.69) is 0 Å². The van der Waals surface area contributed by atoms with E-state index in [9.17, 15) is 4.79 Å². The van der Waals surface area contributed by atoms with E-state index in [0.29, 0.717) is 18.0 Å². The molecule has 0 saturated heterocycles. The molecule has 0 unspecified atom stereocenters. The van der Waals surface area contributed by atoms with Crippen molar-refractivity contribution >= 4 is 5.69 Å². The Balaban J connectivity index is 2.22. The molecule has 0 aliphatic rings. The van der Waals surface area contributed by atoms with Crippen LogP contribution in [0, 0.1) is 0 Å². The van der Waals surface area contributed by atoms with Crippen molar-refractivity contribution in [2.75, 3.05) is 12.8 Å². The van der Waals surface area contributed by atoms with Gasteiger partial charge in [-0.05, 0) is 24.1 Å². The summed E-state index contributed by atoms with van der Waals surface area (Å²) in [5, 5.41) is 0. The molecule has 2 N–H and O–H groups in total. The molecule has 0 atom stereocenters. The number of hydrogen-bond donors (Lipinski definition) is 1. The average molecular weight is 261 g/mol. The maximum atomic E-state index is 12.0. The van der Waals surface area contributed by atoms with E-state index >= 15 is 0 Å². The largest absolute Gasteiger partial charge is 0.495 e. The van der Waals surface area contributed by atoms with Crippen LogP contribution in [0.2, 0.25) is 0 Å². The zero-order valence-electron chi connectivity index (χ0n) is 11.3. The van der Waals surface area contributed by atoms with E-state index in [1.165, 1.54) is 0 Å². The van der Waals surface area contributed by atoms with Gasteiger partial charge in [0.2, 0.25) is 0 Å². The van der Waals surface area contributed by atoms with Crippen LogP contribution in [0.15, 0.2) is 35.4 Å². The summed E-state index contributed by atoms with van der Waals surface area (Å²) in [6.45, 7) is 3.31. The number of anilines is 1. The number of aryl methyl sites for hydroxylation is 1. The number of benzene rings is 1. The normalized spacial score (nSPS) is 10.6.